The van der Waals surface area contributed by atoms with Gasteiger partial charge in [-0.1, -0.05) is 18.2 Å². The van der Waals surface area contributed by atoms with Crippen LogP contribution in [0.15, 0.2) is 35.3 Å². The van der Waals surface area contributed by atoms with E-state index in [4.69, 9.17) is 0 Å². The fourth-order valence-corrected chi connectivity index (χ4v) is 4.22. The van der Waals surface area contributed by atoms with E-state index in [-0.39, 0.29) is 24.0 Å². The summed E-state index contributed by atoms with van der Waals surface area (Å²) in [6.07, 6.45) is 0.972. The Morgan fingerprint density at radius 2 is 2.17 bits per heavy atom. The molecule has 2 heterocycles. The van der Waals surface area contributed by atoms with Gasteiger partial charge in [-0.15, -0.1) is 24.0 Å². The van der Waals surface area contributed by atoms with Crippen molar-refractivity contribution in [2.24, 2.45) is 4.99 Å². The summed E-state index contributed by atoms with van der Waals surface area (Å²) >= 11 is 2.05. The second-order valence-electron chi connectivity index (χ2n) is 6.64. The first-order valence-corrected chi connectivity index (χ1v) is 9.22. The molecule has 0 amide bonds. The third-order valence-electron chi connectivity index (χ3n) is 4.20. The number of aliphatic imine (C=N–C) groups is 1. The Hall–Kier alpha value is -0.890. The largest absolute Gasteiger partial charge is 0.358 e. The van der Waals surface area contributed by atoms with Crippen molar-refractivity contribution in [1.29, 1.82) is 0 Å². The summed E-state index contributed by atoms with van der Waals surface area (Å²) in [6, 6.07) is 10.7. The van der Waals surface area contributed by atoms with Gasteiger partial charge in [-0.05, 0) is 31.4 Å². The number of nitrogens with one attached hydrogen (secondary N) is 2. The zero-order valence-electron chi connectivity index (χ0n) is 14.6. The number of rotatable bonds is 3. The van der Waals surface area contributed by atoms with E-state index in [1.165, 1.54) is 16.6 Å². The fraction of sp³-hybridized carbons (Fsp3) is 0.500. The average molecular weight is 458 g/mol. The quantitative estimate of drug-likeness (QED) is 0.419. The lowest BCUT2D eigenvalue weighted by atomic mass is 10.2. The molecule has 0 bridgehead atoms. The normalized spacial score (nSPS) is 17.6. The number of H-pyrrole nitrogens is 1. The number of nitrogens with zero attached hydrogens (tertiary/aromatic N) is 2. The molecule has 2 aromatic rings. The molecule has 1 aliphatic heterocycles. The number of aromatic nitrogens is 1. The number of halogens is 1. The molecule has 0 aliphatic carbocycles. The van der Waals surface area contributed by atoms with E-state index in [0.717, 1.165) is 37.8 Å². The molecule has 2 N–H and O–H groups in total. The maximum absolute atomic E-state index is 4.46. The third-order valence-corrected chi connectivity index (χ3v) is 5.50. The molecule has 1 aliphatic rings. The van der Waals surface area contributed by atoms with E-state index in [9.17, 15) is 0 Å². The Morgan fingerprint density at radius 1 is 1.38 bits per heavy atom. The van der Waals surface area contributed by atoms with Gasteiger partial charge in [-0.2, -0.15) is 11.8 Å². The van der Waals surface area contributed by atoms with E-state index >= 15 is 0 Å². The van der Waals surface area contributed by atoms with Gasteiger partial charge in [-0.3, -0.25) is 4.99 Å². The summed E-state index contributed by atoms with van der Waals surface area (Å²) in [7, 11) is 1.88. The highest BCUT2D eigenvalue weighted by molar-refractivity contribution is 14.0. The minimum Gasteiger partial charge on any atom is -0.358 e. The van der Waals surface area contributed by atoms with Crippen LogP contribution in [0, 0.1) is 0 Å². The van der Waals surface area contributed by atoms with Crippen molar-refractivity contribution in [3.8, 4) is 0 Å². The van der Waals surface area contributed by atoms with Crippen molar-refractivity contribution >= 4 is 52.6 Å². The molecule has 24 heavy (non-hydrogen) atoms. The summed E-state index contributed by atoms with van der Waals surface area (Å²) in [6.45, 7) is 7.62. The highest BCUT2D eigenvalue weighted by Gasteiger charge is 2.28. The van der Waals surface area contributed by atoms with Gasteiger partial charge in [0.2, 0.25) is 0 Å². The highest BCUT2D eigenvalue weighted by atomic mass is 127. The van der Waals surface area contributed by atoms with Crippen molar-refractivity contribution in [1.82, 2.24) is 15.2 Å². The van der Waals surface area contributed by atoms with Gasteiger partial charge in [0.1, 0.15) is 0 Å². The number of guanidine groups is 1. The summed E-state index contributed by atoms with van der Waals surface area (Å²) in [4.78, 5) is 10.3. The maximum Gasteiger partial charge on any atom is 0.193 e. The molecule has 0 unspecified atom stereocenters. The van der Waals surface area contributed by atoms with Gasteiger partial charge in [0.05, 0.1) is 0 Å². The molecule has 0 radical (unpaired) electrons. The molecule has 1 aromatic carbocycles. The fourth-order valence-electron chi connectivity index (χ4n) is 3.11. The topological polar surface area (TPSA) is 43.4 Å². The van der Waals surface area contributed by atoms with E-state index in [1.807, 2.05) is 18.8 Å². The molecule has 132 valence electrons. The molecule has 6 heteroatoms. The van der Waals surface area contributed by atoms with Crippen molar-refractivity contribution in [3.63, 3.8) is 0 Å². The number of aromatic amines is 1. The number of thioether (sulfide) groups is 1. The maximum atomic E-state index is 4.46. The first kappa shape index (κ1) is 19.4. The zero-order valence-corrected chi connectivity index (χ0v) is 17.8. The first-order chi connectivity index (χ1) is 11.1. The Balaban J connectivity index is 0.00000208. The van der Waals surface area contributed by atoms with Crippen LogP contribution in [-0.4, -0.2) is 53.0 Å². The SMILES string of the molecule is CN=C(NCCc1cc2ccccc2[nH]1)N1CCSC(C)(C)C1.I. The van der Waals surface area contributed by atoms with Gasteiger partial charge >= 0.3 is 0 Å². The smallest absolute Gasteiger partial charge is 0.193 e. The van der Waals surface area contributed by atoms with Crippen LogP contribution >= 0.6 is 35.7 Å². The number of hydrogen-bond donors (Lipinski definition) is 2. The van der Waals surface area contributed by atoms with Gasteiger partial charge in [-0.25, -0.2) is 0 Å². The van der Waals surface area contributed by atoms with E-state index in [0.29, 0.717) is 4.75 Å². The van der Waals surface area contributed by atoms with Crippen LogP contribution < -0.4 is 5.32 Å². The Morgan fingerprint density at radius 3 is 2.88 bits per heavy atom. The molecule has 1 fully saturated rings. The van der Waals surface area contributed by atoms with E-state index in [2.05, 4.69) is 64.4 Å². The van der Waals surface area contributed by atoms with Crippen LogP contribution in [-0.2, 0) is 6.42 Å². The lowest BCUT2D eigenvalue weighted by molar-refractivity contribution is 0.376. The predicted molar refractivity (Wildman–Crippen MR) is 117 cm³/mol. The molecular weight excluding hydrogens is 431 g/mol. The molecule has 0 spiro atoms. The number of hydrogen-bond acceptors (Lipinski definition) is 2. The van der Waals surface area contributed by atoms with Crippen LogP contribution in [0.2, 0.25) is 0 Å². The monoisotopic (exact) mass is 458 g/mol. The number of para-hydroxylation sites is 1. The molecule has 3 rings (SSSR count). The Bertz CT molecular complexity index is 662. The van der Waals surface area contributed by atoms with Crippen LogP contribution in [0.1, 0.15) is 19.5 Å². The lowest BCUT2D eigenvalue weighted by Crippen LogP contribution is -2.51. The van der Waals surface area contributed by atoms with Gasteiger partial charge in [0, 0.05) is 54.8 Å². The summed E-state index contributed by atoms with van der Waals surface area (Å²) in [5.74, 6) is 2.19. The number of fused-ring (bicyclic) bond motifs is 1. The van der Waals surface area contributed by atoms with Crippen molar-refractivity contribution in [3.05, 3.63) is 36.0 Å². The molecule has 0 atom stereocenters. The van der Waals surface area contributed by atoms with E-state index in [1.54, 1.807) is 0 Å². The standard InChI is InChI=1S/C18H26N4S.HI/c1-18(2)13-22(10-11-23-18)17(19-3)20-9-8-15-12-14-6-4-5-7-16(14)21-15;/h4-7,12,21H,8-11,13H2,1-3H3,(H,19,20);1H. The lowest BCUT2D eigenvalue weighted by Gasteiger charge is -2.39. The highest BCUT2D eigenvalue weighted by Crippen LogP contribution is 2.29. The zero-order chi connectivity index (χ0) is 16.3. The van der Waals surface area contributed by atoms with Crippen LogP contribution in [0.3, 0.4) is 0 Å². The second-order valence-corrected chi connectivity index (χ2v) is 8.44. The van der Waals surface area contributed by atoms with Gasteiger partial charge < -0.3 is 15.2 Å². The minimum absolute atomic E-state index is 0. The minimum atomic E-state index is 0. The molecule has 1 saturated heterocycles. The predicted octanol–water partition coefficient (Wildman–Crippen LogP) is 3.73. The van der Waals surface area contributed by atoms with Crippen molar-refractivity contribution in [2.75, 3.05) is 32.4 Å². The van der Waals surface area contributed by atoms with Crippen LogP contribution in [0.5, 0.6) is 0 Å². The average Bonchev–Trinajstić information content (AvgIpc) is 2.93. The Kier molecular flexibility index (Phi) is 6.86. The van der Waals surface area contributed by atoms with Crippen molar-refractivity contribution in [2.45, 2.75) is 25.0 Å². The first-order valence-electron chi connectivity index (χ1n) is 8.24. The van der Waals surface area contributed by atoms with Crippen LogP contribution in [0.25, 0.3) is 10.9 Å². The number of benzene rings is 1. The van der Waals surface area contributed by atoms with Gasteiger partial charge in [0.25, 0.3) is 0 Å². The summed E-state index contributed by atoms with van der Waals surface area (Å²) in [5, 5.41) is 4.80. The van der Waals surface area contributed by atoms with Gasteiger partial charge in [0.15, 0.2) is 5.96 Å². The molecule has 4 nitrogen and oxygen atoms in total. The third kappa shape index (κ3) is 4.81. The molecule has 1 aromatic heterocycles. The summed E-state index contributed by atoms with van der Waals surface area (Å²) in [5.41, 5.74) is 2.48. The molecule has 0 saturated carbocycles. The second kappa shape index (κ2) is 8.47. The van der Waals surface area contributed by atoms with Crippen LogP contribution in [0.4, 0.5) is 0 Å². The van der Waals surface area contributed by atoms with E-state index < -0.39 is 0 Å². The molecular formula is C18H27IN4S. The summed E-state index contributed by atoms with van der Waals surface area (Å²) < 4.78 is 0.299. The van der Waals surface area contributed by atoms with Crippen molar-refractivity contribution < 1.29 is 0 Å². The Labute approximate surface area is 165 Å².